The highest BCUT2D eigenvalue weighted by Crippen LogP contribution is 2.38. The minimum Gasteiger partial charge on any atom is -0.364 e. The monoisotopic (exact) mass is 217 g/mol. The number of piperidine rings is 1. The van der Waals surface area contributed by atoms with Crippen molar-refractivity contribution in [2.75, 3.05) is 11.9 Å². The number of rotatable bonds is 2. The lowest BCUT2D eigenvalue weighted by atomic mass is 9.97. The normalized spacial score (nSPS) is 33.1. The Morgan fingerprint density at radius 2 is 2.06 bits per heavy atom. The Bertz CT molecular complexity index is 337. The van der Waals surface area contributed by atoms with E-state index in [1.54, 1.807) is 0 Å². The average molecular weight is 217 g/mol. The molecule has 2 aliphatic heterocycles. The number of anilines is 1. The molecule has 3 heteroatoms. The van der Waals surface area contributed by atoms with E-state index in [9.17, 15) is 0 Å². The molecule has 0 saturated carbocycles. The van der Waals surface area contributed by atoms with Crippen molar-refractivity contribution in [1.29, 1.82) is 0 Å². The number of nitrogens with one attached hydrogen (secondary N) is 1. The van der Waals surface area contributed by atoms with Crippen LogP contribution >= 0.6 is 0 Å². The summed E-state index contributed by atoms with van der Waals surface area (Å²) in [6.07, 6.45) is 9.11. The van der Waals surface area contributed by atoms with Gasteiger partial charge in [0, 0.05) is 24.3 Å². The van der Waals surface area contributed by atoms with Crippen molar-refractivity contribution in [3.8, 4) is 0 Å². The maximum absolute atomic E-state index is 4.24. The molecule has 2 atom stereocenters. The van der Waals surface area contributed by atoms with E-state index in [1.165, 1.54) is 31.4 Å². The Morgan fingerprint density at radius 3 is 2.62 bits per heavy atom. The molecule has 0 radical (unpaired) electrons. The molecule has 1 aromatic heterocycles. The Labute approximate surface area is 96.9 Å². The van der Waals surface area contributed by atoms with Crippen LogP contribution in [-0.4, -0.2) is 30.2 Å². The second-order valence-electron chi connectivity index (χ2n) is 4.96. The molecular formula is C13H19N3. The summed E-state index contributed by atoms with van der Waals surface area (Å²) in [5.41, 5.74) is 1.31. The van der Waals surface area contributed by atoms with Gasteiger partial charge >= 0.3 is 0 Å². The number of nitrogens with zero attached hydrogens (tertiary/aromatic N) is 2. The van der Waals surface area contributed by atoms with Crippen LogP contribution in [0.25, 0.3) is 0 Å². The van der Waals surface area contributed by atoms with Crippen LogP contribution in [0.3, 0.4) is 0 Å². The molecule has 3 rings (SSSR count). The first-order valence-corrected chi connectivity index (χ1v) is 6.24. The summed E-state index contributed by atoms with van der Waals surface area (Å²) in [5.74, 6) is 0. The van der Waals surface area contributed by atoms with Gasteiger partial charge in [-0.2, -0.15) is 0 Å². The fourth-order valence-corrected chi connectivity index (χ4v) is 3.34. The molecule has 2 bridgehead atoms. The van der Waals surface area contributed by atoms with Gasteiger partial charge in [0.2, 0.25) is 0 Å². The Morgan fingerprint density at radius 1 is 1.31 bits per heavy atom. The summed E-state index contributed by atoms with van der Waals surface area (Å²) in [6, 6.07) is 6.39. The predicted molar refractivity (Wildman–Crippen MR) is 65.6 cm³/mol. The maximum Gasteiger partial charge on any atom is 0.0557 e. The zero-order chi connectivity index (χ0) is 11.0. The molecule has 2 unspecified atom stereocenters. The summed E-state index contributed by atoms with van der Waals surface area (Å²) in [5, 5.41) is 3.43. The predicted octanol–water partition coefficient (Wildman–Crippen LogP) is 1.80. The largest absolute Gasteiger partial charge is 0.364 e. The highest BCUT2D eigenvalue weighted by Gasteiger charge is 2.40. The molecule has 86 valence electrons. The van der Waals surface area contributed by atoms with Gasteiger partial charge in [0.1, 0.15) is 0 Å². The van der Waals surface area contributed by atoms with Gasteiger partial charge in [-0.05, 0) is 44.9 Å². The molecule has 0 spiro atoms. The van der Waals surface area contributed by atoms with Gasteiger partial charge in [-0.25, -0.2) is 0 Å². The molecule has 0 aliphatic carbocycles. The molecule has 3 nitrogen and oxygen atoms in total. The lowest BCUT2D eigenvalue weighted by Crippen LogP contribution is -2.48. The molecule has 1 N–H and O–H groups in total. The highest BCUT2D eigenvalue weighted by molar-refractivity contribution is 5.48. The topological polar surface area (TPSA) is 28.2 Å². The van der Waals surface area contributed by atoms with Crippen LogP contribution in [0.4, 0.5) is 5.69 Å². The fourth-order valence-electron chi connectivity index (χ4n) is 3.34. The van der Waals surface area contributed by atoms with E-state index in [0.717, 1.165) is 12.1 Å². The van der Waals surface area contributed by atoms with E-state index in [-0.39, 0.29) is 0 Å². The van der Waals surface area contributed by atoms with Crippen LogP contribution < -0.4 is 10.2 Å². The molecule has 2 fully saturated rings. The second kappa shape index (κ2) is 4.06. The summed E-state index contributed by atoms with van der Waals surface area (Å²) in [6.45, 7) is 0. The third-order valence-corrected chi connectivity index (χ3v) is 4.09. The third-order valence-electron chi connectivity index (χ3n) is 4.09. The van der Waals surface area contributed by atoms with Crippen molar-refractivity contribution in [2.24, 2.45) is 0 Å². The summed E-state index contributed by atoms with van der Waals surface area (Å²) >= 11 is 0. The number of aromatic nitrogens is 1. The maximum atomic E-state index is 4.24. The lowest BCUT2D eigenvalue weighted by Gasteiger charge is -2.40. The fraction of sp³-hybridized carbons (Fsp3) is 0.615. The van der Waals surface area contributed by atoms with Gasteiger partial charge in [-0.3, -0.25) is 4.98 Å². The molecule has 2 aliphatic rings. The highest BCUT2D eigenvalue weighted by atomic mass is 15.2. The van der Waals surface area contributed by atoms with Crippen LogP contribution in [0.2, 0.25) is 0 Å². The molecule has 0 amide bonds. The van der Waals surface area contributed by atoms with E-state index in [1.807, 2.05) is 18.5 Å². The van der Waals surface area contributed by atoms with Crippen LogP contribution in [0.1, 0.15) is 25.7 Å². The third kappa shape index (κ3) is 1.59. The second-order valence-corrected chi connectivity index (χ2v) is 4.96. The number of hydrogen-bond donors (Lipinski definition) is 1. The van der Waals surface area contributed by atoms with Crippen LogP contribution in [0.15, 0.2) is 24.5 Å². The van der Waals surface area contributed by atoms with E-state index >= 15 is 0 Å². The van der Waals surface area contributed by atoms with Crippen molar-refractivity contribution < 1.29 is 0 Å². The minimum absolute atomic E-state index is 0.713. The lowest BCUT2D eigenvalue weighted by molar-refractivity contribution is 0.373. The zero-order valence-electron chi connectivity index (χ0n) is 9.76. The van der Waals surface area contributed by atoms with Crippen LogP contribution in [0.5, 0.6) is 0 Å². The van der Waals surface area contributed by atoms with Crippen molar-refractivity contribution in [3.05, 3.63) is 24.5 Å². The summed E-state index contributed by atoms with van der Waals surface area (Å²) < 4.78 is 0. The summed E-state index contributed by atoms with van der Waals surface area (Å²) in [4.78, 5) is 6.84. The average Bonchev–Trinajstić information content (AvgIpc) is 2.61. The van der Waals surface area contributed by atoms with Gasteiger partial charge in [0.15, 0.2) is 0 Å². The molecular weight excluding hydrogens is 198 g/mol. The number of fused-ring (bicyclic) bond motifs is 2. The number of hydrogen-bond acceptors (Lipinski definition) is 3. The van der Waals surface area contributed by atoms with E-state index < -0.39 is 0 Å². The van der Waals surface area contributed by atoms with Crippen molar-refractivity contribution in [3.63, 3.8) is 0 Å². The van der Waals surface area contributed by atoms with Crippen molar-refractivity contribution >= 4 is 5.69 Å². The van der Waals surface area contributed by atoms with Crippen LogP contribution in [0, 0.1) is 0 Å². The first-order chi connectivity index (χ1) is 7.88. The van der Waals surface area contributed by atoms with Gasteiger partial charge in [-0.1, -0.05) is 0 Å². The SMILES string of the molecule is CNC1CC2CCC(C1)N2c1cccnc1. The van der Waals surface area contributed by atoms with Crippen molar-refractivity contribution in [2.45, 2.75) is 43.8 Å². The van der Waals surface area contributed by atoms with E-state index in [2.05, 4.69) is 28.3 Å². The Kier molecular flexibility index (Phi) is 2.56. The zero-order valence-corrected chi connectivity index (χ0v) is 9.76. The van der Waals surface area contributed by atoms with E-state index in [4.69, 9.17) is 0 Å². The Balaban J connectivity index is 1.84. The number of pyridine rings is 1. The van der Waals surface area contributed by atoms with Crippen LogP contribution in [-0.2, 0) is 0 Å². The Hall–Kier alpha value is -1.09. The van der Waals surface area contributed by atoms with Gasteiger partial charge < -0.3 is 10.2 Å². The molecule has 1 aromatic rings. The molecule has 2 saturated heterocycles. The first kappa shape index (κ1) is 10.1. The molecule has 3 heterocycles. The molecule has 0 aromatic carbocycles. The van der Waals surface area contributed by atoms with Gasteiger partial charge in [0.05, 0.1) is 11.9 Å². The van der Waals surface area contributed by atoms with Crippen molar-refractivity contribution in [1.82, 2.24) is 10.3 Å². The molecule has 16 heavy (non-hydrogen) atoms. The van der Waals surface area contributed by atoms with Gasteiger partial charge in [0.25, 0.3) is 0 Å². The quantitative estimate of drug-likeness (QED) is 0.818. The first-order valence-electron chi connectivity index (χ1n) is 6.24. The smallest absolute Gasteiger partial charge is 0.0557 e. The minimum atomic E-state index is 0.713. The standard InChI is InChI=1S/C13H19N3/c1-14-10-7-11-4-5-12(8-10)16(11)13-3-2-6-15-9-13/h2-3,6,9-12,14H,4-5,7-8H2,1H3. The van der Waals surface area contributed by atoms with E-state index in [0.29, 0.717) is 6.04 Å². The summed E-state index contributed by atoms with van der Waals surface area (Å²) in [7, 11) is 2.09. The van der Waals surface area contributed by atoms with Gasteiger partial charge in [-0.15, -0.1) is 0 Å².